The van der Waals surface area contributed by atoms with Crippen molar-refractivity contribution in [2.45, 2.75) is 25.3 Å². The lowest BCUT2D eigenvalue weighted by atomic mass is 10.1. The monoisotopic (exact) mass is 396 g/mol. The quantitative estimate of drug-likeness (QED) is 0.723. The van der Waals surface area contributed by atoms with Crippen molar-refractivity contribution in [3.05, 3.63) is 54.2 Å². The Morgan fingerprint density at radius 3 is 2.65 bits per heavy atom. The van der Waals surface area contributed by atoms with Crippen LogP contribution >= 0.6 is 24.8 Å². The van der Waals surface area contributed by atoms with Gasteiger partial charge in [-0.15, -0.1) is 24.8 Å². The highest BCUT2D eigenvalue weighted by Gasteiger charge is 2.17. The molecule has 1 aromatic carbocycles. The number of nitrogens with one attached hydrogen (secondary N) is 3. The number of aromatic nitrogens is 1. The molecule has 3 rings (SSSR count). The number of carbonyl (C=O) groups is 2. The zero-order chi connectivity index (χ0) is 16.8. The van der Waals surface area contributed by atoms with Crippen LogP contribution in [0.1, 0.15) is 29.6 Å². The third-order valence-corrected chi connectivity index (χ3v) is 3.91. The summed E-state index contributed by atoms with van der Waals surface area (Å²) in [5, 5.41) is 8.88. The van der Waals surface area contributed by atoms with Crippen LogP contribution in [-0.2, 0) is 4.79 Å². The Labute approximate surface area is 165 Å². The number of anilines is 2. The smallest absolute Gasteiger partial charge is 0.256 e. The SMILES string of the molecule is Cl.Cl.O=C(CC1CCCN1)Nc1cccc(C(=O)Nc2ccccn2)c1. The molecule has 1 unspecified atom stereocenters. The number of rotatable bonds is 5. The fraction of sp³-hybridized carbons (Fsp3) is 0.278. The maximum atomic E-state index is 12.3. The third kappa shape index (κ3) is 6.29. The number of halogens is 2. The van der Waals surface area contributed by atoms with Crippen molar-refractivity contribution in [3.8, 4) is 0 Å². The van der Waals surface area contributed by atoms with Gasteiger partial charge in [-0.3, -0.25) is 9.59 Å². The lowest BCUT2D eigenvalue weighted by Gasteiger charge is -2.11. The highest BCUT2D eigenvalue weighted by Crippen LogP contribution is 2.14. The summed E-state index contributed by atoms with van der Waals surface area (Å²) in [7, 11) is 0. The topological polar surface area (TPSA) is 83.1 Å². The lowest BCUT2D eigenvalue weighted by molar-refractivity contribution is -0.116. The summed E-state index contributed by atoms with van der Waals surface area (Å²) >= 11 is 0. The Kier molecular flexibility index (Phi) is 9.05. The summed E-state index contributed by atoms with van der Waals surface area (Å²) in [5.74, 6) is 0.184. The van der Waals surface area contributed by atoms with Gasteiger partial charge in [-0.2, -0.15) is 0 Å². The van der Waals surface area contributed by atoms with Crippen molar-refractivity contribution >= 4 is 48.1 Å². The van der Waals surface area contributed by atoms with Gasteiger partial charge in [0.2, 0.25) is 5.91 Å². The highest BCUT2D eigenvalue weighted by molar-refractivity contribution is 6.04. The van der Waals surface area contributed by atoms with Gasteiger partial charge >= 0.3 is 0 Å². The van der Waals surface area contributed by atoms with E-state index in [1.807, 2.05) is 0 Å². The summed E-state index contributed by atoms with van der Waals surface area (Å²) < 4.78 is 0. The van der Waals surface area contributed by atoms with E-state index in [2.05, 4.69) is 20.9 Å². The summed E-state index contributed by atoms with van der Waals surface area (Å²) in [6.45, 7) is 0.973. The second kappa shape index (κ2) is 10.8. The van der Waals surface area contributed by atoms with Gasteiger partial charge in [-0.25, -0.2) is 4.98 Å². The minimum absolute atomic E-state index is 0. The third-order valence-electron chi connectivity index (χ3n) is 3.91. The summed E-state index contributed by atoms with van der Waals surface area (Å²) in [5.41, 5.74) is 1.09. The number of benzene rings is 1. The molecular weight excluding hydrogens is 375 g/mol. The molecule has 0 saturated carbocycles. The van der Waals surface area contributed by atoms with E-state index in [0.717, 1.165) is 19.4 Å². The molecule has 140 valence electrons. The van der Waals surface area contributed by atoms with E-state index in [1.54, 1.807) is 48.7 Å². The maximum Gasteiger partial charge on any atom is 0.256 e. The van der Waals surface area contributed by atoms with Gasteiger partial charge in [-0.05, 0) is 49.7 Å². The molecule has 0 aliphatic carbocycles. The van der Waals surface area contributed by atoms with Gasteiger partial charge in [0.1, 0.15) is 5.82 Å². The molecule has 2 heterocycles. The lowest BCUT2D eigenvalue weighted by Crippen LogP contribution is -2.27. The van der Waals surface area contributed by atoms with Crippen LogP contribution in [0.2, 0.25) is 0 Å². The van der Waals surface area contributed by atoms with E-state index in [0.29, 0.717) is 23.5 Å². The van der Waals surface area contributed by atoms with Crippen molar-refractivity contribution in [2.24, 2.45) is 0 Å². The number of hydrogen-bond acceptors (Lipinski definition) is 4. The van der Waals surface area contributed by atoms with Crippen LogP contribution in [0.5, 0.6) is 0 Å². The number of carbonyl (C=O) groups excluding carboxylic acids is 2. The van der Waals surface area contributed by atoms with Gasteiger partial charge in [0.15, 0.2) is 0 Å². The molecule has 2 amide bonds. The van der Waals surface area contributed by atoms with Crippen molar-refractivity contribution in [2.75, 3.05) is 17.2 Å². The van der Waals surface area contributed by atoms with E-state index in [-0.39, 0.29) is 42.7 Å². The first-order valence-corrected chi connectivity index (χ1v) is 8.06. The second-order valence-electron chi connectivity index (χ2n) is 5.80. The van der Waals surface area contributed by atoms with Crippen LogP contribution in [0.4, 0.5) is 11.5 Å². The van der Waals surface area contributed by atoms with Gasteiger partial charge in [0.05, 0.1) is 0 Å². The van der Waals surface area contributed by atoms with Gasteiger partial charge in [0, 0.05) is 29.9 Å². The van der Waals surface area contributed by atoms with E-state index in [4.69, 9.17) is 0 Å². The summed E-state index contributed by atoms with van der Waals surface area (Å²) in [6.07, 6.45) is 4.20. The molecule has 1 fully saturated rings. The zero-order valence-electron chi connectivity index (χ0n) is 14.1. The van der Waals surface area contributed by atoms with Gasteiger partial charge in [-0.1, -0.05) is 12.1 Å². The van der Waals surface area contributed by atoms with Crippen molar-refractivity contribution < 1.29 is 9.59 Å². The number of nitrogens with zero attached hydrogens (tertiary/aromatic N) is 1. The van der Waals surface area contributed by atoms with Crippen LogP contribution in [0, 0.1) is 0 Å². The minimum Gasteiger partial charge on any atom is -0.326 e. The number of hydrogen-bond donors (Lipinski definition) is 3. The zero-order valence-corrected chi connectivity index (χ0v) is 15.7. The number of amides is 2. The minimum atomic E-state index is -0.262. The van der Waals surface area contributed by atoms with Crippen LogP contribution in [0.25, 0.3) is 0 Å². The van der Waals surface area contributed by atoms with E-state index < -0.39 is 0 Å². The first-order chi connectivity index (χ1) is 11.7. The van der Waals surface area contributed by atoms with E-state index in [9.17, 15) is 9.59 Å². The summed E-state index contributed by atoms with van der Waals surface area (Å²) in [4.78, 5) is 28.4. The fourth-order valence-electron chi connectivity index (χ4n) is 2.73. The molecule has 2 aromatic rings. The number of pyridine rings is 1. The molecule has 6 nitrogen and oxygen atoms in total. The first kappa shape index (κ1) is 21.9. The largest absolute Gasteiger partial charge is 0.326 e. The molecule has 1 aliphatic heterocycles. The van der Waals surface area contributed by atoms with Crippen molar-refractivity contribution in [3.63, 3.8) is 0 Å². The Hall–Kier alpha value is -2.15. The van der Waals surface area contributed by atoms with Gasteiger partial charge < -0.3 is 16.0 Å². The molecule has 0 radical (unpaired) electrons. The predicted molar refractivity (Wildman–Crippen MR) is 107 cm³/mol. The van der Waals surface area contributed by atoms with Crippen LogP contribution < -0.4 is 16.0 Å². The van der Waals surface area contributed by atoms with Crippen LogP contribution in [0.3, 0.4) is 0 Å². The summed E-state index contributed by atoms with van der Waals surface area (Å²) in [6, 6.07) is 12.4. The van der Waals surface area contributed by atoms with E-state index in [1.165, 1.54) is 0 Å². The average molecular weight is 397 g/mol. The molecule has 0 spiro atoms. The molecule has 1 aromatic heterocycles. The second-order valence-corrected chi connectivity index (χ2v) is 5.80. The van der Waals surface area contributed by atoms with Crippen LogP contribution in [0.15, 0.2) is 48.7 Å². The maximum absolute atomic E-state index is 12.3. The Morgan fingerprint density at radius 2 is 1.96 bits per heavy atom. The van der Waals surface area contributed by atoms with Crippen molar-refractivity contribution in [1.82, 2.24) is 10.3 Å². The normalized spacial score (nSPS) is 15.3. The first-order valence-electron chi connectivity index (χ1n) is 8.06. The van der Waals surface area contributed by atoms with Gasteiger partial charge in [0.25, 0.3) is 5.91 Å². The molecule has 0 bridgehead atoms. The highest BCUT2D eigenvalue weighted by atomic mass is 35.5. The molecular formula is C18H22Cl2N4O2. The van der Waals surface area contributed by atoms with Crippen LogP contribution in [-0.4, -0.2) is 29.4 Å². The Morgan fingerprint density at radius 1 is 1.12 bits per heavy atom. The molecule has 1 atom stereocenters. The molecule has 1 saturated heterocycles. The van der Waals surface area contributed by atoms with E-state index >= 15 is 0 Å². The fourth-order valence-corrected chi connectivity index (χ4v) is 2.73. The molecule has 8 heteroatoms. The average Bonchev–Trinajstić information content (AvgIpc) is 3.09. The Bertz CT molecular complexity index is 722. The predicted octanol–water partition coefficient (Wildman–Crippen LogP) is 3.26. The van der Waals surface area contributed by atoms with Crippen molar-refractivity contribution in [1.29, 1.82) is 0 Å². The molecule has 26 heavy (non-hydrogen) atoms. The standard InChI is InChI=1S/C18H20N4O2.2ClH/c23-17(12-14-7-4-10-19-14)21-15-6-3-5-13(11-15)18(24)22-16-8-1-2-9-20-16;;/h1-3,5-6,8-9,11,14,19H,4,7,10,12H2,(H,21,23)(H,20,22,24);2*1H. The molecule has 1 aliphatic rings. The molecule has 3 N–H and O–H groups in total. The Balaban J connectivity index is 0.00000169.